The zero-order chi connectivity index (χ0) is 12.0. The van der Waals surface area contributed by atoms with Crippen molar-refractivity contribution in [3.05, 3.63) is 30.3 Å². The molecule has 5 nitrogen and oxygen atoms in total. The Hall–Kier alpha value is -1.75. The molecule has 0 aliphatic heterocycles. The van der Waals surface area contributed by atoms with Crippen molar-refractivity contribution in [2.24, 2.45) is 5.73 Å². The van der Waals surface area contributed by atoms with Gasteiger partial charge in [0.25, 0.3) is 0 Å². The third-order valence-corrected chi connectivity index (χ3v) is 2.09. The number of hydrogen-bond donors (Lipinski definition) is 3. The van der Waals surface area contributed by atoms with Crippen LogP contribution in [0.3, 0.4) is 0 Å². The number of benzene rings is 1. The smallest absolute Gasteiger partial charge is 0.326 e. The summed E-state index contributed by atoms with van der Waals surface area (Å²) in [4.78, 5) is 21.5. The lowest BCUT2D eigenvalue weighted by Gasteiger charge is -2.14. The predicted molar refractivity (Wildman–Crippen MR) is 67.2 cm³/mol. The van der Waals surface area contributed by atoms with Crippen molar-refractivity contribution in [3.63, 3.8) is 0 Å². The molecule has 0 spiro atoms. The van der Waals surface area contributed by atoms with E-state index in [2.05, 4.69) is 5.32 Å². The summed E-state index contributed by atoms with van der Waals surface area (Å²) < 4.78 is 0. The highest BCUT2D eigenvalue weighted by Gasteiger charge is 2.17. The van der Waals surface area contributed by atoms with Crippen molar-refractivity contribution in [1.82, 2.24) is 0 Å². The van der Waals surface area contributed by atoms with Gasteiger partial charge < -0.3 is 16.2 Å². The Kier molecular flexibility index (Phi) is 6.74. The standard InChI is InChI=1S/C11H14N2O3.ClH/c12-10(14)7-6-9(11(15)16)13-8-4-2-1-3-5-8;/h1-5,9,13H,6-7H2,(H2,12,14)(H,15,16);1H/t9-;/m0./s1. The van der Waals surface area contributed by atoms with Crippen molar-refractivity contribution in [2.75, 3.05) is 5.32 Å². The maximum atomic E-state index is 10.9. The molecule has 0 aliphatic carbocycles. The molecule has 6 heteroatoms. The van der Waals surface area contributed by atoms with E-state index in [9.17, 15) is 9.59 Å². The van der Waals surface area contributed by atoms with Gasteiger partial charge in [0.1, 0.15) is 6.04 Å². The van der Waals surface area contributed by atoms with E-state index in [0.717, 1.165) is 0 Å². The normalized spacial score (nSPS) is 11.1. The van der Waals surface area contributed by atoms with Crippen LogP contribution in [0, 0.1) is 0 Å². The van der Waals surface area contributed by atoms with Gasteiger partial charge in [-0.15, -0.1) is 12.4 Å². The second-order valence-corrected chi connectivity index (χ2v) is 3.41. The average molecular weight is 259 g/mol. The summed E-state index contributed by atoms with van der Waals surface area (Å²) in [5, 5.41) is 11.8. The van der Waals surface area contributed by atoms with Gasteiger partial charge in [-0.1, -0.05) is 18.2 Å². The van der Waals surface area contributed by atoms with Crippen LogP contribution in [0.2, 0.25) is 0 Å². The molecule has 1 rings (SSSR count). The zero-order valence-electron chi connectivity index (χ0n) is 9.13. The van der Waals surface area contributed by atoms with Gasteiger partial charge in [-0.3, -0.25) is 4.79 Å². The van der Waals surface area contributed by atoms with E-state index in [1.807, 2.05) is 6.07 Å². The number of hydrogen-bond acceptors (Lipinski definition) is 3. The molecule has 0 aliphatic rings. The highest BCUT2D eigenvalue weighted by atomic mass is 35.5. The third kappa shape index (κ3) is 5.77. The Labute approximate surface area is 105 Å². The number of rotatable bonds is 6. The van der Waals surface area contributed by atoms with Crippen molar-refractivity contribution in [1.29, 1.82) is 0 Å². The largest absolute Gasteiger partial charge is 0.480 e. The van der Waals surface area contributed by atoms with E-state index >= 15 is 0 Å². The Bertz CT molecular complexity index is 370. The lowest BCUT2D eigenvalue weighted by Crippen LogP contribution is -2.30. The topological polar surface area (TPSA) is 92.4 Å². The van der Waals surface area contributed by atoms with Crippen LogP contribution in [0.1, 0.15) is 12.8 Å². The van der Waals surface area contributed by atoms with E-state index in [4.69, 9.17) is 10.8 Å². The van der Waals surface area contributed by atoms with Crippen LogP contribution in [-0.2, 0) is 9.59 Å². The molecule has 0 unspecified atom stereocenters. The summed E-state index contributed by atoms with van der Waals surface area (Å²) in [5.41, 5.74) is 5.68. The Morgan fingerprint density at radius 1 is 1.29 bits per heavy atom. The van der Waals surface area contributed by atoms with E-state index in [1.165, 1.54) is 0 Å². The molecule has 0 fully saturated rings. The first-order valence-electron chi connectivity index (χ1n) is 4.92. The SMILES string of the molecule is Cl.NC(=O)CC[C@H](Nc1ccccc1)C(=O)O. The number of amides is 1. The summed E-state index contributed by atoms with van der Waals surface area (Å²) in [6.07, 6.45) is 0.233. The number of nitrogens with two attached hydrogens (primary N) is 1. The molecule has 0 radical (unpaired) electrons. The van der Waals surface area contributed by atoms with Crippen LogP contribution in [0.15, 0.2) is 30.3 Å². The molecular weight excluding hydrogens is 244 g/mol. The maximum Gasteiger partial charge on any atom is 0.326 e. The first-order chi connectivity index (χ1) is 7.59. The van der Waals surface area contributed by atoms with Crippen molar-refractivity contribution in [2.45, 2.75) is 18.9 Å². The molecule has 1 aromatic carbocycles. The number of anilines is 1. The summed E-state index contributed by atoms with van der Waals surface area (Å²) in [5.74, 6) is -1.49. The summed E-state index contributed by atoms with van der Waals surface area (Å²) in [6.45, 7) is 0. The van der Waals surface area contributed by atoms with Gasteiger partial charge in [-0.25, -0.2) is 4.79 Å². The molecule has 1 atom stereocenters. The van der Waals surface area contributed by atoms with Gasteiger partial charge in [0.05, 0.1) is 0 Å². The van der Waals surface area contributed by atoms with Crippen LogP contribution >= 0.6 is 12.4 Å². The number of para-hydroxylation sites is 1. The van der Waals surface area contributed by atoms with E-state index in [1.54, 1.807) is 24.3 Å². The van der Waals surface area contributed by atoms with Gasteiger partial charge in [0.15, 0.2) is 0 Å². The first-order valence-corrected chi connectivity index (χ1v) is 4.92. The number of primary amides is 1. The van der Waals surface area contributed by atoms with E-state index in [-0.39, 0.29) is 25.2 Å². The Balaban J connectivity index is 0.00000256. The maximum absolute atomic E-state index is 10.9. The fourth-order valence-electron chi connectivity index (χ4n) is 1.28. The van der Waals surface area contributed by atoms with Crippen LogP contribution in [-0.4, -0.2) is 23.0 Å². The lowest BCUT2D eigenvalue weighted by molar-refractivity contribution is -0.138. The van der Waals surface area contributed by atoms with Crippen LogP contribution in [0.4, 0.5) is 5.69 Å². The van der Waals surface area contributed by atoms with Gasteiger partial charge in [0, 0.05) is 12.1 Å². The third-order valence-electron chi connectivity index (χ3n) is 2.09. The number of aliphatic carboxylic acids is 1. The van der Waals surface area contributed by atoms with Crippen LogP contribution in [0.5, 0.6) is 0 Å². The lowest BCUT2D eigenvalue weighted by atomic mass is 10.1. The summed E-state index contributed by atoms with van der Waals surface area (Å²) in [6, 6.07) is 8.17. The molecule has 1 aromatic rings. The molecule has 0 bridgehead atoms. The van der Waals surface area contributed by atoms with Gasteiger partial charge in [-0.05, 0) is 18.6 Å². The predicted octanol–water partition coefficient (Wildman–Crippen LogP) is 1.24. The molecule has 1 amide bonds. The molecule has 94 valence electrons. The number of halogens is 1. The summed E-state index contributed by atoms with van der Waals surface area (Å²) in [7, 11) is 0. The van der Waals surface area contributed by atoms with Crippen molar-refractivity contribution in [3.8, 4) is 0 Å². The number of carbonyl (C=O) groups is 2. The highest BCUT2D eigenvalue weighted by Crippen LogP contribution is 2.10. The minimum absolute atomic E-state index is 0. The number of carbonyl (C=O) groups excluding carboxylic acids is 1. The molecule has 0 aromatic heterocycles. The number of carboxylic acid groups (broad SMARTS) is 1. The second kappa shape index (κ2) is 7.51. The fraction of sp³-hybridized carbons (Fsp3) is 0.273. The first kappa shape index (κ1) is 15.2. The highest BCUT2D eigenvalue weighted by molar-refractivity contribution is 5.85. The average Bonchev–Trinajstić information content (AvgIpc) is 2.25. The molecule has 0 heterocycles. The van der Waals surface area contributed by atoms with Gasteiger partial charge in [0.2, 0.25) is 5.91 Å². The Morgan fingerprint density at radius 2 is 1.88 bits per heavy atom. The molecule has 0 saturated heterocycles. The Morgan fingerprint density at radius 3 is 2.35 bits per heavy atom. The number of carboxylic acids is 1. The summed E-state index contributed by atoms with van der Waals surface area (Å²) >= 11 is 0. The quantitative estimate of drug-likeness (QED) is 0.716. The number of nitrogens with one attached hydrogen (secondary N) is 1. The molecule has 4 N–H and O–H groups in total. The van der Waals surface area contributed by atoms with Crippen molar-refractivity contribution < 1.29 is 14.7 Å². The minimum atomic E-state index is -0.995. The van der Waals surface area contributed by atoms with Crippen molar-refractivity contribution >= 4 is 30.0 Å². The second-order valence-electron chi connectivity index (χ2n) is 3.41. The van der Waals surface area contributed by atoms with E-state index in [0.29, 0.717) is 5.69 Å². The monoisotopic (exact) mass is 258 g/mol. The zero-order valence-corrected chi connectivity index (χ0v) is 9.94. The van der Waals surface area contributed by atoms with Gasteiger partial charge in [-0.2, -0.15) is 0 Å². The molecular formula is C11H15ClN2O3. The molecule has 0 saturated carbocycles. The van der Waals surface area contributed by atoms with Gasteiger partial charge >= 0.3 is 5.97 Å². The molecule has 17 heavy (non-hydrogen) atoms. The van der Waals surface area contributed by atoms with Crippen LogP contribution < -0.4 is 11.1 Å². The van der Waals surface area contributed by atoms with Crippen LogP contribution in [0.25, 0.3) is 0 Å². The van der Waals surface area contributed by atoms with E-state index < -0.39 is 17.9 Å². The minimum Gasteiger partial charge on any atom is -0.480 e. The fourth-order valence-corrected chi connectivity index (χ4v) is 1.28.